The van der Waals surface area contributed by atoms with Gasteiger partial charge in [0.2, 0.25) is 0 Å². The number of imidazole rings is 1. The molecular weight excluding hydrogens is 314 g/mol. The van der Waals surface area contributed by atoms with E-state index in [0.717, 1.165) is 30.8 Å². The molecule has 2 heterocycles. The topological polar surface area (TPSA) is 47.4 Å². The van der Waals surface area contributed by atoms with E-state index in [4.69, 9.17) is 4.74 Å². The molecule has 0 spiro atoms. The zero-order chi connectivity index (χ0) is 17.4. The van der Waals surface area contributed by atoms with Crippen LogP contribution in [0.2, 0.25) is 0 Å². The Morgan fingerprint density at radius 3 is 2.60 bits per heavy atom. The van der Waals surface area contributed by atoms with E-state index < -0.39 is 0 Å². The Labute approximate surface area is 148 Å². The molecule has 2 fully saturated rings. The lowest BCUT2D eigenvalue weighted by Gasteiger charge is -2.28. The number of hydrogen-bond donors (Lipinski definition) is 0. The fourth-order valence-corrected chi connectivity index (χ4v) is 3.96. The van der Waals surface area contributed by atoms with Gasteiger partial charge in [0.15, 0.2) is 0 Å². The standard InChI is InChI=1S/C20H25N3O2/c1-14-12-21-19(15-4-3-5-15)23(14)17-10-11-22(13-17)20(24)16-6-8-18(25-2)9-7-16/h6-9,12,15,17H,3-5,10-11,13H2,1-2H3. The summed E-state index contributed by atoms with van der Waals surface area (Å²) in [7, 11) is 1.63. The van der Waals surface area contributed by atoms with Gasteiger partial charge in [0.05, 0.1) is 13.2 Å². The summed E-state index contributed by atoms with van der Waals surface area (Å²) in [5.41, 5.74) is 1.94. The van der Waals surface area contributed by atoms with Crippen LogP contribution in [0.3, 0.4) is 0 Å². The SMILES string of the molecule is COc1ccc(C(=O)N2CCC(n3c(C)cnc3C3CCC3)C2)cc1. The number of carbonyl (C=O) groups excluding carboxylic acids is 1. The first kappa shape index (κ1) is 16.2. The number of likely N-dealkylation sites (tertiary alicyclic amines) is 1. The highest BCUT2D eigenvalue weighted by atomic mass is 16.5. The summed E-state index contributed by atoms with van der Waals surface area (Å²) in [6, 6.07) is 7.72. The maximum atomic E-state index is 12.8. The number of ether oxygens (including phenoxy) is 1. The number of amides is 1. The van der Waals surface area contributed by atoms with Gasteiger partial charge >= 0.3 is 0 Å². The van der Waals surface area contributed by atoms with E-state index in [9.17, 15) is 4.79 Å². The molecule has 0 bridgehead atoms. The number of carbonyl (C=O) groups is 1. The largest absolute Gasteiger partial charge is 0.497 e. The molecule has 2 aromatic rings. The monoisotopic (exact) mass is 339 g/mol. The van der Waals surface area contributed by atoms with Crippen LogP contribution in [-0.4, -0.2) is 40.6 Å². The Morgan fingerprint density at radius 2 is 1.96 bits per heavy atom. The average molecular weight is 339 g/mol. The van der Waals surface area contributed by atoms with Gasteiger partial charge in [-0.2, -0.15) is 0 Å². The number of hydrogen-bond acceptors (Lipinski definition) is 3. The molecule has 1 unspecified atom stereocenters. The predicted molar refractivity (Wildman–Crippen MR) is 96.1 cm³/mol. The highest BCUT2D eigenvalue weighted by molar-refractivity contribution is 5.94. The third-order valence-corrected chi connectivity index (χ3v) is 5.63. The van der Waals surface area contributed by atoms with Crippen molar-refractivity contribution in [3.63, 3.8) is 0 Å². The lowest BCUT2D eigenvalue weighted by Crippen LogP contribution is -2.29. The Bertz CT molecular complexity index is 762. The van der Waals surface area contributed by atoms with E-state index in [1.165, 1.54) is 30.8 Å². The van der Waals surface area contributed by atoms with Gasteiger partial charge < -0.3 is 14.2 Å². The van der Waals surface area contributed by atoms with Crippen molar-refractivity contribution in [2.45, 2.75) is 44.6 Å². The van der Waals surface area contributed by atoms with Crippen molar-refractivity contribution < 1.29 is 9.53 Å². The number of aromatic nitrogens is 2. The molecule has 1 aromatic heterocycles. The van der Waals surface area contributed by atoms with Crippen LogP contribution in [0, 0.1) is 6.92 Å². The van der Waals surface area contributed by atoms with Crippen LogP contribution < -0.4 is 4.74 Å². The van der Waals surface area contributed by atoms with Crippen LogP contribution in [0.25, 0.3) is 0 Å². The molecule has 0 radical (unpaired) electrons. The zero-order valence-electron chi connectivity index (χ0n) is 14.9. The van der Waals surface area contributed by atoms with Crippen molar-refractivity contribution in [2.24, 2.45) is 0 Å². The van der Waals surface area contributed by atoms with Crippen LogP contribution in [-0.2, 0) is 0 Å². The zero-order valence-corrected chi connectivity index (χ0v) is 14.9. The number of nitrogens with zero attached hydrogens (tertiary/aromatic N) is 3. The Morgan fingerprint density at radius 1 is 1.20 bits per heavy atom. The van der Waals surface area contributed by atoms with Gasteiger partial charge in [0.25, 0.3) is 5.91 Å². The molecule has 5 heteroatoms. The quantitative estimate of drug-likeness (QED) is 0.856. The van der Waals surface area contributed by atoms with Crippen LogP contribution in [0.5, 0.6) is 5.75 Å². The summed E-state index contributed by atoms with van der Waals surface area (Å²) in [5, 5.41) is 0. The van der Waals surface area contributed by atoms with Crippen LogP contribution in [0.15, 0.2) is 30.5 Å². The molecule has 5 nitrogen and oxygen atoms in total. The second-order valence-corrected chi connectivity index (χ2v) is 7.18. The molecule has 1 aliphatic carbocycles. The molecule has 4 rings (SSSR count). The average Bonchev–Trinajstić information content (AvgIpc) is 3.20. The minimum absolute atomic E-state index is 0.105. The molecule has 1 amide bonds. The molecule has 132 valence electrons. The van der Waals surface area contributed by atoms with Crippen molar-refractivity contribution in [1.29, 1.82) is 0 Å². The second-order valence-electron chi connectivity index (χ2n) is 7.18. The summed E-state index contributed by atoms with van der Waals surface area (Å²) in [5.74, 6) is 2.72. The van der Waals surface area contributed by atoms with Crippen LogP contribution in [0.1, 0.15) is 59.5 Å². The van der Waals surface area contributed by atoms with E-state index in [0.29, 0.717) is 12.0 Å². The molecule has 0 N–H and O–H groups in total. The van der Waals surface area contributed by atoms with Crippen LogP contribution >= 0.6 is 0 Å². The molecule has 25 heavy (non-hydrogen) atoms. The van der Waals surface area contributed by atoms with Crippen molar-refractivity contribution in [3.8, 4) is 5.75 Å². The Kier molecular flexibility index (Phi) is 4.24. The smallest absolute Gasteiger partial charge is 0.253 e. The summed E-state index contributed by atoms with van der Waals surface area (Å²) in [6.45, 7) is 3.70. The minimum Gasteiger partial charge on any atom is -0.497 e. The first-order chi connectivity index (χ1) is 12.2. The normalized spacial score (nSPS) is 20.6. The number of benzene rings is 1. The van der Waals surface area contributed by atoms with Gasteiger partial charge in [-0.1, -0.05) is 6.42 Å². The molecule has 1 saturated heterocycles. The maximum Gasteiger partial charge on any atom is 0.253 e. The lowest BCUT2D eigenvalue weighted by molar-refractivity contribution is 0.0787. The molecule has 1 atom stereocenters. The molecule has 1 saturated carbocycles. The minimum atomic E-state index is 0.105. The van der Waals surface area contributed by atoms with Gasteiger partial charge in [0.1, 0.15) is 11.6 Å². The third kappa shape index (κ3) is 2.92. The van der Waals surface area contributed by atoms with Crippen molar-refractivity contribution >= 4 is 5.91 Å². The predicted octanol–water partition coefficient (Wildman–Crippen LogP) is 3.55. The van der Waals surface area contributed by atoms with Gasteiger partial charge in [-0.15, -0.1) is 0 Å². The van der Waals surface area contributed by atoms with Gasteiger partial charge in [-0.05, 0) is 50.5 Å². The number of methoxy groups -OCH3 is 1. The molecule has 1 aliphatic heterocycles. The van der Waals surface area contributed by atoms with Crippen molar-refractivity contribution in [3.05, 3.63) is 47.5 Å². The molecule has 2 aliphatic rings. The Hall–Kier alpha value is -2.30. The number of rotatable bonds is 4. The number of aryl methyl sites for hydroxylation is 1. The van der Waals surface area contributed by atoms with Gasteiger partial charge in [0, 0.05) is 36.5 Å². The first-order valence-electron chi connectivity index (χ1n) is 9.14. The summed E-state index contributed by atoms with van der Waals surface area (Å²) >= 11 is 0. The maximum absolute atomic E-state index is 12.8. The van der Waals surface area contributed by atoms with Gasteiger partial charge in [-0.25, -0.2) is 4.98 Å². The highest BCUT2D eigenvalue weighted by Gasteiger charge is 2.33. The van der Waals surface area contributed by atoms with E-state index in [-0.39, 0.29) is 5.91 Å². The van der Waals surface area contributed by atoms with E-state index >= 15 is 0 Å². The fraction of sp³-hybridized carbons (Fsp3) is 0.500. The summed E-state index contributed by atoms with van der Waals surface area (Å²) < 4.78 is 7.56. The molecular formula is C20H25N3O2. The van der Waals surface area contributed by atoms with Crippen LogP contribution in [0.4, 0.5) is 0 Å². The van der Waals surface area contributed by atoms with E-state index in [2.05, 4.69) is 16.5 Å². The van der Waals surface area contributed by atoms with E-state index in [1.54, 1.807) is 7.11 Å². The van der Waals surface area contributed by atoms with Crippen molar-refractivity contribution in [1.82, 2.24) is 14.5 Å². The Balaban J connectivity index is 1.49. The fourth-order valence-electron chi connectivity index (χ4n) is 3.96. The first-order valence-corrected chi connectivity index (χ1v) is 9.14. The van der Waals surface area contributed by atoms with Crippen molar-refractivity contribution in [2.75, 3.05) is 20.2 Å². The lowest BCUT2D eigenvalue weighted by atomic mass is 9.84. The second kappa shape index (κ2) is 6.54. The summed E-state index contributed by atoms with van der Waals surface area (Å²) in [6.07, 6.45) is 6.79. The summed E-state index contributed by atoms with van der Waals surface area (Å²) in [4.78, 5) is 19.4. The highest BCUT2D eigenvalue weighted by Crippen LogP contribution is 2.38. The molecule has 1 aromatic carbocycles. The van der Waals surface area contributed by atoms with E-state index in [1.807, 2.05) is 35.4 Å². The third-order valence-electron chi connectivity index (χ3n) is 5.63. The van der Waals surface area contributed by atoms with Gasteiger partial charge in [-0.3, -0.25) is 4.79 Å².